The quantitative estimate of drug-likeness (QED) is 0.478. The molecule has 0 fully saturated rings. The first-order valence-corrected chi connectivity index (χ1v) is 5.50. The molecule has 1 amide bonds. The summed E-state index contributed by atoms with van der Waals surface area (Å²) in [6.45, 7) is 1.83. The minimum absolute atomic E-state index is 0.0724. The lowest BCUT2D eigenvalue weighted by molar-refractivity contribution is -0.386. The molecule has 0 saturated carbocycles. The first-order chi connectivity index (χ1) is 9.49. The number of amides is 1. The van der Waals surface area contributed by atoms with Gasteiger partial charge in [-0.2, -0.15) is 5.10 Å². The van der Waals surface area contributed by atoms with Crippen LogP contribution >= 0.6 is 0 Å². The predicted octanol–water partition coefficient (Wildman–Crippen LogP) is 1.39. The monoisotopic (exact) mass is 283 g/mol. The second kappa shape index (κ2) is 6.92. The number of phenols is 1. The molecule has 0 radical (unpaired) electrons. The van der Waals surface area contributed by atoms with Crippen molar-refractivity contribution >= 4 is 18.0 Å². The summed E-state index contributed by atoms with van der Waals surface area (Å²) in [5.74, 6) is -0.648. The highest BCUT2D eigenvalue weighted by molar-refractivity contribution is 5.84. The molecule has 0 atom stereocenters. The smallest absolute Gasteiger partial charge is 0.427 e. The van der Waals surface area contributed by atoms with Crippen LogP contribution in [-0.2, 0) is 4.74 Å². The molecule has 1 aromatic carbocycles. The highest BCUT2D eigenvalue weighted by Gasteiger charge is 2.19. The lowest BCUT2D eigenvalue weighted by atomic mass is 10.2. The maximum atomic E-state index is 11.0. The SMILES string of the molecule is CCOC(=O)N/N=C/c1cc(OC)c(O)c([N+](=O)[O-])c1. The molecule has 0 aliphatic heterocycles. The van der Waals surface area contributed by atoms with Crippen molar-refractivity contribution in [1.82, 2.24) is 5.43 Å². The standard InChI is InChI=1S/C11H13N3O6/c1-3-20-11(16)13-12-6-7-4-8(14(17)18)10(15)9(5-7)19-2/h4-6,15H,3H2,1-2H3,(H,13,16)/b12-6+. The molecule has 0 unspecified atom stereocenters. The zero-order valence-electron chi connectivity index (χ0n) is 10.8. The minimum atomic E-state index is -0.756. The number of methoxy groups -OCH3 is 1. The van der Waals surface area contributed by atoms with Crippen molar-refractivity contribution in [1.29, 1.82) is 0 Å². The van der Waals surface area contributed by atoms with Gasteiger partial charge in [0.25, 0.3) is 0 Å². The molecule has 2 N–H and O–H groups in total. The van der Waals surface area contributed by atoms with Crippen molar-refractivity contribution in [2.45, 2.75) is 6.92 Å². The van der Waals surface area contributed by atoms with E-state index in [1.807, 2.05) is 0 Å². The number of hydrogen-bond acceptors (Lipinski definition) is 7. The Hall–Kier alpha value is -2.84. The van der Waals surface area contributed by atoms with Crippen LogP contribution in [0.25, 0.3) is 0 Å². The number of nitrogens with one attached hydrogen (secondary N) is 1. The molecule has 108 valence electrons. The topological polar surface area (TPSA) is 123 Å². The number of nitro benzene ring substituents is 1. The molecular weight excluding hydrogens is 270 g/mol. The number of carbonyl (C=O) groups is 1. The van der Waals surface area contributed by atoms with Gasteiger partial charge in [0, 0.05) is 11.6 Å². The molecular formula is C11H13N3O6. The lowest BCUT2D eigenvalue weighted by Crippen LogP contribution is -2.18. The van der Waals surface area contributed by atoms with Gasteiger partial charge in [0.1, 0.15) is 0 Å². The largest absolute Gasteiger partial charge is 0.500 e. The van der Waals surface area contributed by atoms with Crippen LogP contribution in [-0.4, -0.2) is 36.1 Å². The molecule has 0 aliphatic rings. The van der Waals surface area contributed by atoms with E-state index in [1.165, 1.54) is 13.2 Å². The van der Waals surface area contributed by atoms with Gasteiger partial charge < -0.3 is 14.6 Å². The van der Waals surface area contributed by atoms with Gasteiger partial charge in [-0.15, -0.1) is 0 Å². The van der Waals surface area contributed by atoms with Crippen molar-refractivity contribution < 1.29 is 24.3 Å². The maximum absolute atomic E-state index is 11.0. The summed E-state index contributed by atoms with van der Waals surface area (Å²) >= 11 is 0. The lowest BCUT2D eigenvalue weighted by Gasteiger charge is -2.05. The molecule has 0 heterocycles. The van der Waals surface area contributed by atoms with Gasteiger partial charge in [0.15, 0.2) is 5.75 Å². The number of nitro groups is 1. The van der Waals surface area contributed by atoms with Crippen molar-refractivity contribution in [3.63, 3.8) is 0 Å². The number of hydrazone groups is 1. The molecule has 0 aromatic heterocycles. The highest BCUT2D eigenvalue weighted by atomic mass is 16.6. The Kier molecular flexibility index (Phi) is 5.27. The Bertz CT molecular complexity index is 543. The molecule has 0 saturated heterocycles. The number of hydrogen-bond donors (Lipinski definition) is 2. The van der Waals surface area contributed by atoms with E-state index in [1.54, 1.807) is 6.92 Å². The van der Waals surface area contributed by atoms with Crippen LogP contribution in [0.15, 0.2) is 17.2 Å². The molecule has 0 bridgehead atoms. The first-order valence-electron chi connectivity index (χ1n) is 5.50. The molecule has 0 spiro atoms. The predicted molar refractivity (Wildman–Crippen MR) is 69.1 cm³/mol. The van der Waals surface area contributed by atoms with Gasteiger partial charge >= 0.3 is 11.8 Å². The third-order valence-electron chi connectivity index (χ3n) is 2.14. The number of carbonyl (C=O) groups excluding carboxylic acids is 1. The van der Waals surface area contributed by atoms with E-state index >= 15 is 0 Å². The number of rotatable bonds is 5. The summed E-state index contributed by atoms with van der Waals surface area (Å²) in [6, 6.07) is 2.42. The van der Waals surface area contributed by atoms with E-state index < -0.39 is 22.5 Å². The summed E-state index contributed by atoms with van der Waals surface area (Å²) in [5, 5.41) is 23.9. The summed E-state index contributed by atoms with van der Waals surface area (Å²) < 4.78 is 9.38. The van der Waals surface area contributed by atoms with Gasteiger partial charge in [-0.1, -0.05) is 0 Å². The van der Waals surface area contributed by atoms with Crippen LogP contribution in [0.5, 0.6) is 11.5 Å². The van der Waals surface area contributed by atoms with Gasteiger partial charge in [-0.25, -0.2) is 10.2 Å². The Balaban J connectivity index is 2.95. The zero-order chi connectivity index (χ0) is 15.1. The third kappa shape index (κ3) is 3.83. The normalized spacial score (nSPS) is 10.3. The Morgan fingerprint density at radius 1 is 1.60 bits per heavy atom. The van der Waals surface area contributed by atoms with Crippen molar-refractivity contribution in [2.24, 2.45) is 5.10 Å². The average Bonchev–Trinajstić information content (AvgIpc) is 2.40. The second-order valence-corrected chi connectivity index (χ2v) is 3.44. The van der Waals surface area contributed by atoms with Gasteiger partial charge in [-0.3, -0.25) is 10.1 Å². The molecule has 1 rings (SSSR count). The number of ether oxygens (including phenoxy) is 2. The third-order valence-corrected chi connectivity index (χ3v) is 2.14. The van der Waals surface area contributed by atoms with E-state index in [4.69, 9.17) is 4.74 Å². The van der Waals surface area contributed by atoms with Crippen LogP contribution < -0.4 is 10.2 Å². The summed E-state index contributed by atoms with van der Waals surface area (Å²) in [5.41, 5.74) is 1.81. The number of nitrogens with zero attached hydrogens (tertiary/aromatic N) is 2. The Labute approximate surface area is 114 Å². The minimum Gasteiger partial charge on any atom is -0.500 e. The number of phenolic OH excluding ortho intramolecular Hbond substituents is 1. The fraction of sp³-hybridized carbons (Fsp3) is 0.273. The van der Waals surface area contributed by atoms with Crippen LogP contribution in [0.3, 0.4) is 0 Å². The molecule has 9 nitrogen and oxygen atoms in total. The van der Waals surface area contributed by atoms with Crippen LogP contribution in [0.4, 0.5) is 10.5 Å². The van der Waals surface area contributed by atoms with Gasteiger partial charge in [-0.05, 0) is 13.0 Å². The molecule has 0 aliphatic carbocycles. The van der Waals surface area contributed by atoms with E-state index in [0.29, 0.717) is 0 Å². The molecule has 1 aromatic rings. The van der Waals surface area contributed by atoms with Crippen molar-refractivity contribution in [2.75, 3.05) is 13.7 Å². The Morgan fingerprint density at radius 2 is 2.30 bits per heavy atom. The van der Waals surface area contributed by atoms with Crippen LogP contribution in [0, 0.1) is 10.1 Å². The summed E-state index contributed by atoms with van der Waals surface area (Å²) in [4.78, 5) is 21.0. The molecule has 9 heteroatoms. The van der Waals surface area contributed by atoms with Crippen LogP contribution in [0.1, 0.15) is 12.5 Å². The van der Waals surface area contributed by atoms with E-state index in [9.17, 15) is 20.0 Å². The van der Waals surface area contributed by atoms with Crippen LogP contribution in [0.2, 0.25) is 0 Å². The fourth-order valence-electron chi connectivity index (χ4n) is 1.31. The number of benzene rings is 1. The summed E-state index contributed by atoms with van der Waals surface area (Å²) in [6.07, 6.45) is 0.412. The van der Waals surface area contributed by atoms with E-state index in [-0.39, 0.29) is 17.9 Å². The van der Waals surface area contributed by atoms with E-state index in [0.717, 1.165) is 12.3 Å². The van der Waals surface area contributed by atoms with Crippen molar-refractivity contribution in [3.05, 3.63) is 27.8 Å². The number of aromatic hydroxyl groups is 1. The average molecular weight is 283 g/mol. The van der Waals surface area contributed by atoms with Crippen molar-refractivity contribution in [3.8, 4) is 11.5 Å². The Morgan fingerprint density at radius 3 is 2.85 bits per heavy atom. The van der Waals surface area contributed by atoms with Gasteiger partial charge in [0.2, 0.25) is 5.75 Å². The fourth-order valence-corrected chi connectivity index (χ4v) is 1.31. The maximum Gasteiger partial charge on any atom is 0.427 e. The van der Waals surface area contributed by atoms with Gasteiger partial charge in [0.05, 0.1) is 24.9 Å². The van der Waals surface area contributed by atoms with E-state index in [2.05, 4.69) is 15.3 Å². The molecule has 20 heavy (non-hydrogen) atoms. The first kappa shape index (κ1) is 15.2. The summed E-state index contributed by atoms with van der Waals surface area (Å²) in [7, 11) is 1.26. The zero-order valence-corrected chi connectivity index (χ0v) is 10.8. The highest BCUT2D eigenvalue weighted by Crippen LogP contribution is 2.36. The second-order valence-electron chi connectivity index (χ2n) is 3.44.